The van der Waals surface area contributed by atoms with Gasteiger partial charge >= 0.3 is 0 Å². The van der Waals surface area contributed by atoms with Gasteiger partial charge in [0.05, 0.1) is 6.61 Å². The molecule has 0 heterocycles. The molecule has 5 rings (SSSR count). The van der Waals surface area contributed by atoms with E-state index in [-0.39, 0.29) is 40.5 Å². The topological polar surface area (TPSA) is 9.23 Å². The molecule has 0 amide bonds. The summed E-state index contributed by atoms with van der Waals surface area (Å²) in [5.41, 5.74) is 0.399. The molecule has 3 aromatic rings. The Labute approximate surface area is 257 Å². The average molecular weight is 617 g/mol. The van der Waals surface area contributed by atoms with E-state index < -0.39 is 34.9 Å². The van der Waals surface area contributed by atoms with Crippen LogP contribution in [0.25, 0.3) is 11.1 Å². The molecular weight excluding hydrogens is 574 g/mol. The van der Waals surface area contributed by atoms with Crippen LogP contribution in [-0.2, 0) is 12.8 Å². The summed E-state index contributed by atoms with van der Waals surface area (Å²) in [7, 11) is 0. The van der Waals surface area contributed by atoms with E-state index in [1.165, 1.54) is 30.3 Å². The normalized spacial score (nSPS) is 22.3. The van der Waals surface area contributed by atoms with Gasteiger partial charge in [-0.05, 0) is 111 Å². The molecule has 0 aliphatic heterocycles. The van der Waals surface area contributed by atoms with Crippen LogP contribution in [0.15, 0.2) is 36.4 Å². The second-order valence-electron chi connectivity index (χ2n) is 12.7. The van der Waals surface area contributed by atoms with Crippen molar-refractivity contribution in [2.75, 3.05) is 6.61 Å². The van der Waals surface area contributed by atoms with Gasteiger partial charge < -0.3 is 4.74 Å². The van der Waals surface area contributed by atoms with Crippen molar-refractivity contribution in [2.45, 2.75) is 96.8 Å². The molecule has 0 spiro atoms. The monoisotopic (exact) mass is 616 g/mol. The number of hydrogen-bond donors (Lipinski definition) is 0. The first-order chi connectivity index (χ1) is 21.2. The number of aryl methyl sites for hydroxylation is 2. The lowest BCUT2D eigenvalue weighted by atomic mass is 9.68. The lowest BCUT2D eigenvalue weighted by molar-refractivity contribution is 0.156. The van der Waals surface area contributed by atoms with Crippen LogP contribution in [0.5, 0.6) is 5.75 Å². The van der Waals surface area contributed by atoms with Crippen molar-refractivity contribution < 1.29 is 31.1 Å². The molecule has 238 valence electrons. The number of benzene rings is 3. The van der Waals surface area contributed by atoms with Gasteiger partial charge in [0.2, 0.25) is 5.82 Å². The van der Waals surface area contributed by atoms with Gasteiger partial charge in [0.1, 0.15) is 0 Å². The fourth-order valence-electron chi connectivity index (χ4n) is 7.59. The molecule has 2 saturated carbocycles. The first-order valence-electron chi connectivity index (χ1n) is 16.3. The van der Waals surface area contributed by atoms with Crippen LogP contribution < -0.4 is 4.74 Å². The maximum Gasteiger partial charge on any atom is 0.200 e. The first-order valence-corrected chi connectivity index (χ1v) is 16.3. The summed E-state index contributed by atoms with van der Waals surface area (Å²) in [6.45, 7) is 3.88. The van der Waals surface area contributed by atoms with E-state index in [0.717, 1.165) is 57.8 Å². The zero-order chi connectivity index (χ0) is 31.4. The highest BCUT2D eigenvalue weighted by Gasteiger charge is 2.33. The molecule has 0 bridgehead atoms. The Morgan fingerprint density at radius 3 is 1.66 bits per heavy atom. The van der Waals surface area contributed by atoms with Gasteiger partial charge in [-0.3, -0.25) is 0 Å². The van der Waals surface area contributed by atoms with Crippen LogP contribution in [0, 0.1) is 52.7 Å². The molecule has 2 aliphatic carbocycles. The second-order valence-corrected chi connectivity index (χ2v) is 12.7. The van der Waals surface area contributed by atoms with Crippen LogP contribution in [0.1, 0.15) is 101 Å². The fraction of sp³-hybridized carbons (Fsp3) is 0.514. The van der Waals surface area contributed by atoms with Crippen LogP contribution in [0.2, 0.25) is 0 Å². The molecule has 2 aliphatic rings. The molecule has 0 radical (unpaired) electrons. The van der Waals surface area contributed by atoms with Gasteiger partial charge in [0, 0.05) is 11.1 Å². The maximum atomic E-state index is 15.1. The van der Waals surface area contributed by atoms with Gasteiger partial charge in [0.15, 0.2) is 34.8 Å². The van der Waals surface area contributed by atoms with Crippen LogP contribution >= 0.6 is 0 Å². The van der Waals surface area contributed by atoms with Crippen molar-refractivity contribution in [3.05, 3.63) is 88.0 Å². The Balaban J connectivity index is 1.12. The molecule has 7 heteroatoms. The zero-order valence-electron chi connectivity index (χ0n) is 25.6. The molecule has 1 nitrogen and oxygen atoms in total. The largest absolute Gasteiger partial charge is 0.491 e. The molecule has 0 atom stereocenters. The molecule has 3 aromatic carbocycles. The number of ether oxygens (including phenoxy) is 1. The Hall–Kier alpha value is -2.96. The van der Waals surface area contributed by atoms with Crippen molar-refractivity contribution in [2.24, 2.45) is 17.8 Å². The molecule has 0 unspecified atom stereocenters. The van der Waals surface area contributed by atoms with Gasteiger partial charge in [0.25, 0.3) is 0 Å². The Bertz CT molecular complexity index is 1440. The lowest BCUT2D eigenvalue weighted by Gasteiger charge is -2.38. The predicted octanol–water partition coefficient (Wildman–Crippen LogP) is 11.3. The van der Waals surface area contributed by atoms with Crippen molar-refractivity contribution in [1.82, 2.24) is 0 Å². The van der Waals surface area contributed by atoms with Crippen LogP contribution in [0.3, 0.4) is 0 Å². The molecule has 44 heavy (non-hydrogen) atoms. The maximum absolute atomic E-state index is 15.1. The van der Waals surface area contributed by atoms with Crippen molar-refractivity contribution >= 4 is 0 Å². The van der Waals surface area contributed by atoms with Crippen molar-refractivity contribution in [1.29, 1.82) is 0 Å². The lowest BCUT2D eigenvalue weighted by Crippen LogP contribution is -2.26. The highest BCUT2D eigenvalue weighted by Crippen LogP contribution is 2.45. The number of hydrogen-bond acceptors (Lipinski definition) is 1. The number of rotatable bonds is 10. The summed E-state index contributed by atoms with van der Waals surface area (Å²) in [6.07, 6.45) is 10.1. The van der Waals surface area contributed by atoms with Gasteiger partial charge in [-0.2, -0.15) is 4.39 Å². The van der Waals surface area contributed by atoms with E-state index >= 15 is 8.78 Å². The number of halogens is 6. The fourth-order valence-corrected chi connectivity index (χ4v) is 7.59. The molecule has 0 N–H and O–H groups in total. The van der Waals surface area contributed by atoms with E-state index in [2.05, 4.69) is 0 Å². The Morgan fingerprint density at radius 2 is 1.11 bits per heavy atom. The van der Waals surface area contributed by atoms with Gasteiger partial charge in [-0.1, -0.05) is 56.5 Å². The van der Waals surface area contributed by atoms with E-state index in [1.54, 1.807) is 13.0 Å². The summed E-state index contributed by atoms with van der Waals surface area (Å²) in [6, 6.07) is 8.81. The predicted molar refractivity (Wildman–Crippen MR) is 162 cm³/mol. The van der Waals surface area contributed by atoms with E-state index in [9.17, 15) is 17.6 Å². The minimum Gasteiger partial charge on any atom is -0.491 e. The molecule has 2 fully saturated rings. The van der Waals surface area contributed by atoms with Crippen LogP contribution in [-0.4, -0.2) is 6.61 Å². The van der Waals surface area contributed by atoms with Gasteiger partial charge in [-0.25, -0.2) is 22.0 Å². The summed E-state index contributed by atoms with van der Waals surface area (Å²) < 4.78 is 93.6. The third-order valence-electron chi connectivity index (χ3n) is 10.1. The summed E-state index contributed by atoms with van der Waals surface area (Å²) in [4.78, 5) is 0. The zero-order valence-corrected chi connectivity index (χ0v) is 25.6. The minimum absolute atomic E-state index is 0.0189. The summed E-state index contributed by atoms with van der Waals surface area (Å²) in [5.74, 6) is -4.40. The van der Waals surface area contributed by atoms with E-state index in [0.29, 0.717) is 42.6 Å². The Kier molecular flexibility index (Phi) is 10.6. The highest BCUT2D eigenvalue weighted by atomic mass is 19.2. The van der Waals surface area contributed by atoms with Gasteiger partial charge in [-0.15, -0.1) is 0 Å². The average Bonchev–Trinajstić information content (AvgIpc) is 3.04. The first kappa shape index (κ1) is 32.4. The van der Waals surface area contributed by atoms with E-state index in [1.807, 2.05) is 6.92 Å². The third kappa shape index (κ3) is 6.82. The van der Waals surface area contributed by atoms with Crippen molar-refractivity contribution in [3.63, 3.8) is 0 Å². The third-order valence-corrected chi connectivity index (χ3v) is 10.1. The standard InChI is InChI=1S/C37H42F6O/c1-3-5-26-16-18-29(35(41)32(26)38)30-19-17-27(33(39)36(30)42)11-8-22-6-9-23(10-7-22)24-12-14-25(15-13-24)28-20-21-31(44-4-2)37(43)34(28)40/h16-25H,3-15H2,1-2H3. The molecule has 0 aromatic heterocycles. The quantitative estimate of drug-likeness (QED) is 0.206. The highest BCUT2D eigenvalue weighted by molar-refractivity contribution is 5.66. The minimum atomic E-state index is -1.15. The smallest absolute Gasteiger partial charge is 0.200 e. The second kappa shape index (κ2) is 14.4. The molecule has 0 saturated heterocycles. The Morgan fingerprint density at radius 1 is 0.568 bits per heavy atom. The van der Waals surface area contributed by atoms with Crippen LogP contribution in [0.4, 0.5) is 26.3 Å². The SMILES string of the molecule is CCCc1ccc(-c2ccc(CCC3CCC(C4CCC(c5ccc(OCC)c(F)c5F)CC4)CC3)c(F)c2F)c(F)c1F. The summed E-state index contributed by atoms with van der Waals surface area (Å²) in [5, 5.41) is 0. The molecular formula is C37H42F6O. The van der Waals surface area contributed by atoms with E-state index in [4.69, 9.17) is 4.74 Å². The summed E-state index contributed by atoms with van der Waals surface area (Å²) >= 11 is 0. The van der Waals surface area contributed by atoms with Crippen molar-refractivity contribution in [3.8, 4) is 16.9 Å².